The summed E-state index contributed by atoms with van der Waals surface area (Å²) in [5.41, 5.74) is 0.801. The van der Waals surface area contributed by atoms with E-state index in [4.69, 9.17) is 4.63 Å². The van der Waals surface area contributed by atoms with Crippen LogP contribution in [0.1, 0.15) is 5.69 Å². The molecule has 24 heavy (non-hydrogen) atoms. The lowest BCUT2D eigenvalue weighted by Gasteiger charge is -2.08. The van der Waals surface area contributed by atoms with Crippen LogP contribution in [0.4, 0.5) is 10.1 Å². The van der Waals surface area contributed by atoms with Crippen LogP contribution in [0.3, 0.4) is 0 Å². The average Bonchev–Trinajstić information content (AvgIpc) is 3.25. The highest BCUT2D eigenvalue weighted by Gasteiger charge is 2.21. The van der Waals surface area contributed by atoms with Crippen LogP contribution < -0.4 is 14.8 Å². The van der Waals surface area contributed by atoms with E-state index in [1.807, 2.05) is 0 Å². The normalized spacial score (nSPS) is 18.1. The lowest BCUT2D eigenvalue weighted by molar-refractivity contribution is 0.297. The average molecular weight is 435 g/mol. The van der Waals surface area contributed by atoms with Crippen LogP contribution in [0, 0.1) is 5.82 Å². The second-order valence-electron chi connectivity index (χ2n) is 4.70. The molecule has 0 unspecified atom stereocenters. The fourth-order valence-electron chi connectivity index (χ4n) is 1.84. The van der Waals surface area contributed by atoms with Gasteiger partial charge in [0.1, 0.15) is 5.82 Å². The van der Waals surface area contributed by atoms with E-state index in [1.54, 1.807) is 0 Å². The number of nitrogens with zero attached hydrogens (tertiary/aromatic N) is 3. The number of thioether (sulfide) groups is 1. The summed E-state index contributed by atoms with van der Waals surface area (Å²) < 4.78 is 24.7. The Morgan fingerprint density at radius 3 is 3.17 bits per heavy atom. The van der Waals surface area contributed by atoms with Gasteiger partial charge in [-0.1, -0.05) is 16.9 Å². The zero-order chi connectivity index (χ0) is 16.9. The van der Waals surface area contributed by atoms with Crippen molar-refractivity contribution in [1.82, 2.24) is 19.8 Å². The largest absolute Gasteiger partial charge is 0.409 e. The molecule has 8 nitrogen and oxygen atoms in total. The molecule has 1 atom stereocenters. The highest BCUT2D eigenvalue weighted by atomic mass is 79.9. The van der Waals surface area contributed by atoms with E-state index < -0.39 is 5.82 Å². The minimum atomic E-state index is -0.391. The highest BCUT2D eigenvalue weighted by molar-refractivity contribution is 9.10. The van der Waals surface area contributed by atoms with Crippen molar-refractivity contribution in [2.45, 2.75) is 11.1 Å². The maximum Gasteiger partial charge on any atom is 0.202 e. The molecular formula is C12H12BrFN6O2S2. The van der Waals surface area contributed by atoms with Gasteiger partial charge >= 0.3 is 0 Å². The van der Waals surface area contributed by atoms with Crippen molar-refractivity contribution in [3.63, 3.8) is 0 Å². The van der Waals surface area contributed by atoms with Crippen LogP contribution in [0.2, 0.25) is 0 Å². The standard InChI is InChI=1S/C12H12BrFN6O2S2/c13-8-3-6(1-2-9(8)14)16-11(17-21)10-12(19-22-18-10)23-5-7-4-15-24-20-7/h1-3,7,15,20-21H,4-5H2,(H,16,17)/t7-/m1/s1. The lowest BCUT2D eigenvalue weighted by atomic mass is 10.3. The van der Waals surface area contributed by atoms with Gasteiger partial charge in [0.15, 0.2) is 10.7 Å². The maximum atomic E-state index is 13.3. The topological polar surface area (TPSA) is 108 Å². The summed E-state index contributed by atoms with van der Waals surface area (Å²) in [6.07, 6.45) is 0. The third-order valence-corrected chi connectivity index (χ3v) is 5.49. The Morgan fingerprint density at radius 1 is 1.58 bits per heavy atom. The third kappa shape index (κ3) is 4.19. The number of hydrogen-bond acceptors (Lipinski definition) is 9. The molecule has 128 valence electrons. The number of hydrogen-bond donors (Lipinski definition) is 4. The molecule has 0 aliphatic carbocycles. The maximum absolute atomic E-state index is 13.3. The quantitative estimate of drug-likeness (QED) is 0.141. The zero-order valence-corrected chi connectivity index (χ0v) is 15.2. The predicted octanol–water partition coefficient (Wildman–Crippen LogP) is 2.44. The highest BCUT2D eigenvalue weighted by Crippen LogP contribution is 2.24. The van der Waals surface area contributed by atoms with Crippen molar-refractivity contribution in [2.24, 2.45) is 5.16 Å². The molecule has 0 amide bonds. The molecule has 4 N–H and O–H groups in total. The molecule has 2 heterocycles. The molecule has 1 fully saturated rings. The van der Waals surface area contributed by atoms with Crippen molar-refractivity contribution in [3.05, 3.63) is 34.2 Å². The van der Waals surface area contributed by atoms with E-state index in [0.29, 0.717) is 10.7 Å². The molecule has 0 saturated carbocycles. The summed E-state index contributed by atoms with van der Waals surface area (Å²) in [6, 6.07) is 4.59. The second kappa shape index (κ2) is 8.16. The van der Waals surface area contributed by atoms with Crippen LogP contribution in [0.15, 0.2) is 37.5 Å². The minimum absolute atomic E-state index is 0.0594. The van der Waals surface area contributed by atoms with Gasteiger partial charge in [0.2, 0.25) is 5.84 Å². The van der Waals surface area contributed by atoms with Crippen molar-refractivity contribution in [2.75, 3.05) is 17.6 Å². The monoisotopic (exact) mass is 434 g/mol. The van der Waals surface area contributed by atoms with E-state index in [2.05, 4.69) is 46.2 Å². The summed E-state index contributed by atoms with van der Waals surface area (Å²) >= 11 is 5.98. The van der Waals surface area contributed by atoms with Crippen molar-refractivity contribution in [3.8, 4) is 0 Å². The molecule has 1 aromatic heterocycles. The first kappa shape index (κ1) is 17.5. The van der Waals surface area contributed by atoms with Crippen LogP contribution in [0.25, 0.3) is 0 Å². The Kier molecular flexibility index (Phi) is 5.94. The van der Waals surface area contributed by atoms with Gasteiger partial charge in [0.25, 0.3) is 0 Å². The van der Waals surface area contributed by atoms with E-state index in [9.17, 15) is 9.60 Å². The minimum Gasteiger partial charge on any atom is -0.409 e. The summed E-state index contributed by atoms with van der Waals surface area (Å²) in [5, 5.41) is 23.5. The molecule has 3 rings (SSSR count). The van der Waals surface area contributed by atoms with Crippen molar-refractivity contribution >= 4 is 51.3 Å². The number of oxime groups is 1. The summed E-state index contributed by atoms with van der Waals surface area (Å²) in [4.78, 5) is 0. The number of amidine groups is 1. The number of aromatic nitrogens is 2. The van der Waals surface area contributed by atoms with Gasteiger partial charge in [-0.3, -0.25) is 0 Å². The number of rotatable bonds is 5. The fraction of sp³-hybridized carbons (Fsp3) is 0.250. The number of anilines is 1. The summed E-state index contributed by atoms with van der Waals surface area (Å²) in [6.45, 7) is 0.834. The molecule has 0 spiro atoms. The number of benzene rings is 1. The predicted molar refractivity (Wildman–Crippen MR) is 93.6 cm³/mol. The first-order valence-electron chi connectivity index (χ1n) is 6.71. The van der Waals surface area contributed by atoms with E-state index >= 15 is 0 Å². The molecule has 1 aliphatic heterocycles. The molecule has 0 radical (unpaired) electrons. The summed E-state index contributed by atoms with van der Waals surface area (Å²) in [5.74, 6) is 0.407. The van der Waals surface area contributed by atoms with Crippen LogP contribution in [0.5, 0.6) is 0 Å². The van der Waals surface area contributed by atoms with E-state index in [1.165, 1.54) is 42.1 Å². The first-order chi connectivity index (χ1) is 11.7. The number of nitrogens with one attached hydrogen (secondary N) is 3. The third-order valence-electron chi connectivity index (χ3n) is 3.01. The molecule has 0 bridgehead atoms. The van der Waals surface area contributed by atoms with Gasteiger partial charge in [-0.25, -0.2) is 18.5 Å². The summed E-state index contributed by atoms with van der Waals surface area (Å²) in [7, 11) is 0. The second-order valence-corrected chi connectivity index (χ2v) is 7.29. The molecular weight excluding hydrogens is 423 g/mol. The smallest absolute Gasteiger partial charge is 0.202 e. The fourth-order valence-corrected chi connectivity index (χ4v) is 3.95. The molecule has 1 saturated heterocycles. The number of halogens is 2. The molecule has 2 aromatic rings. The lowest BCUT2D eigenvalue weighted by Crippen LogP contribution is -2.24. The van der Waals surface area contributed by atoms with Gasteiger partial charge in [-0.2, -0.15) is 0 Å². The van der Waals surface area contributed by atoms with Gasteiger partial charge < -0.3 is 10.5 Å². The Balaban J connectivity index is 1.71. The van der Waals surface area contributed by atoms with Gasteiger partial charge in [-0.05, 0) is 44.4 Å². The Hall–Kier alpha value is -1.34. The Morgan fingerprint density at radius 2 is 2.46 bits per heavy atom. The SMILES string of the molecule is O/N=C(\Nc1ccc(F)c(Br)c1)c1nonc1SC[C@H]1CNSN1. The van der Waals surface area contributed by atoms with Crippen molar-refractivity contribution < 1.29 is 14.2 Å². The van der Waals surface area contributed by atoms with Gasteiger partial charge in [-0.15, -0.1) is 0 Å². The first-order valence-corrected chi connectivity index (χ1v) is 9.31. The van der Waals surface area contributed by atoms with Gasteiger partial charge in [0.05, 0.1) is 4.47 Å². The zero-order valence-electron chi connectivity index (χ0n) is 12.0. The van der Waals surface area contributed by atoms with E-state index in [0.717, 1.165) is 12.3 Å². The van der Waals surface area contributed by atoms with E-state index in [-0.39, 0.29) is 22.0 Å². The molecule has 12 heteroatoms. The molecule has 1 aromatic carbocycles. The Bertz CT molecular complexity index is 740. The van der Waals surface area contributed by atoms with Gasteiger partial charge in [0, 0.05) is 36.2 Å². The van der Waals surface area contributed by atoms with Crippen LogP contribution in [-0.4, -0.2) is 39.7 Å². The van der Waals surface area contributed by atoms with Crippen LogP contribution in [-0.2, 0) is 0 Å². The van der Waals surface area contributed by atoms with Crippen LogP contribution >= 0.6 is 39.8 Å². The Labute approximate surface area is 153 Å². The molecule has 1 aliphatic rings. The van der Waals surface area contributed by atoms with Crippen molar-refractivity contribution in [1.29, 1.82) is 0 Å².